The molecule has 1 saturated heterocycles. The molecule has 0 saturated carbocycles. The molecule has 0 amide bonds. The number of hydrogen-bond donors (Lipinski definition) is 0. The van der Waals surface area contributed by atoms with Crippen molar-refractivity contribution in [3.8, 4) is 0 Å². The highest BCUT2D eigenvalue weighted by atomic mass is 32.1. The van der Waals surface area contributed by atoms with Crippen LogP contribution in [0.5, 0.6) is 0 Å². The van der Waals surface area contributed by atoms with E-state index in [0.29, 0.717) is 0 Å². The lowest BCUT2D eigenvalue weighted by molar-refractivity contribution is -0.0304. The van der Waals surface area contributed by atoms with E-state index in [-0.39, 0.29) is 11.9 Å². The number of rotatable bonds is 5. The maximum absolute atomic E-state index is 11.4. The average Bonchev–Trinajstić information content (AvgIpc) is 2.97. The van der Waals surface area contributed by atoms with Crippen molar-refractivity contribution in [2.75, 3.05) is 19.7 Å². The maximum Gasteiger partial charge on any atom is 0.169 e. The molecule has 4 heteroatoms. The number of nitrogens with zero attached hydrogens (tertiary/aromatic N) is 1. The van der Waals surface area contributed by atoms with Crippen LogP contribution in [0.4, 0.5) is 0 Å². The number of benzene rings is 1. The molecular weight excluding hydrogens is 294 g/mol. The van der Waals surface area contributed by atoms with E-state index >= 15 is 0 Å². The van der Waals surface area contributed by atoms with Crippen LogP contribution in [0.1, 0.15) is 27.7 Å². The Hall–Kier alpha value is -1.49. The Labute approximate surface area is 135 Å². The van der Waals surface area contributed by atoms with Gasteiger partial charge in [-0.1, -0.05) is 30.3 Å². The highest BCUT2D eigenvalue weighted by Crippen LogP contribution is 2.19. The number of thiophene rings is 1. The second kappa shape index (κ2) is 7.18. The zero-order valence-corrected chi connectivity index (χ0v) is 13.6. The van der Waals surface area contributed by atoms with E-state index in [1.165, 1.54) is 11.1 Å². The molecule has 1 aliphatic heterocycles. The van der Waals surface area contributed by atoms with Gasteiger partial charge < -0.3 is 4.74 Å². The molecule has 1 atom stereocenters. The third-order valence-corrected chi connectivity index (χ3v) is 5.02. The summed E-state index contributed by atoms with van der Waals surface area (Å²) in [7, 11) is 0. The van der Waals surface area contributed by atoms with Gasteiger partial charge in [-0.05, 0) is 35.9 Å². The van der Waals surface area contributed by atoms with Crippen molar-refractivity contribution in [2.45, 2.75) is 26.0 Å². The fourth-order valence-electron chi connectivity index (χ4n) is 2.83. The van der Waals surface area contributed by atoms with Crippen LogP contribution in [-0.4, -0.2) is 36.5 Å². The summed E-state index contributed by atoms with van der Waals surface area (Å²) in [5.74, 6) is 0.153. The summed E-state index contributed by atoms with van der Waals surface area (Å²) >= 11 is 1.54. The summed E-state index contributed by atoms with van der Waals surface area (Å²) in [6.45, 7) is 5.20. The summed E-state index contributed by atoms with van der Waals surface area (Å²) in [6, 6.07) is 12.5. The number of ketones is 1. The summed E-state index contributed by atoms with van der Waals surface area (Å²) in [5.41, 5.74) is 2.55. The lowest BCUT2D eigenvalue weighted by atomic mass is 10.1. The van der Waals surface area contributed by atoms with Crippen LogP contribution in [0.2, 0.25) is 0 Å². The van der Waals surface area contributed by atoms with Gasteiger partial charge in [0.05, 0.1) is 17.6 Å². The third kappa shape index (κ3) is 4.03. The smallest absolute Gasteiger partial charge is 0.169 e. The van der Waals surface area contributed by atoms with Crippen molar-refractivity contribution < 1.29 is 9.53 Å². The number of ether oxygens (including phenoxy) is 1. The second-order valence-corrected chi connectivity index (χ2v) is 6.70. The Kier molecular flexibility index (Phi) is 5.03. The molecule has 1 aromatic heterocycles. The first-order valence-electron chi connectivity index (χ1n) is 7.67. The molecule has 0 aliphatic carbocycles. The van der Waals surface area contributed by atoms with E-state index in [9.17, 15) is 4.79 Å². The van der Waals surface area contributed by atoms with Crippen molar-refractivity contribution in [1.82, 2.24) is 4.90 Å². The summed E-state index contributed by atoms with van der Waals surface area (Å²) in [5, 5.41) is 2.10. The fourth-order valence-corrected chi connectivity index (χ4v) is 3.63. The monoisotopic (exact) mass is 315 g/mol. The molecule has 3 rings (SSSR count). The Balaban J connectivity index is 1.57. The van der Waals surface area contributed by atoms with E-state index < -0.39 is 0 Å². The fraction of sp³-hybridized carbons (Fsp3) is 0.389. The predicted molar refractivity (Wildman–Crippen MR) is 89.5 cm³/mol. The van der Waals surface area contributed by atoms with E-state index in [1.807, 2.05) is 12.1 Å². The Morgan fingerprint density at radius 3 is 2.86 bits per heavy atom. The first-order chi connectivity index (χ1) is 10.7. The Morgan fingerprint density at radius 1 is 1.32 bits per heavy atom. The van der Waals surface area contributed by atoms with Gasteiger partial charge >= 0.3 is 0 Å². The standard InChI is InChI=1S/C18H21NO2S/c1-14(20)18-10-16(13-22-18)11-19-7-8-21-17(12-19)9-15-5-3-2-4-6-15/h2-6,10,13,17H,7-9,11-12H2,1H3. The van der Waals surface area contributed by atoms with Crippen LogP contribution in [-0.2, 0) is 17.7 Å². The molecule has 116 valence electrons. The molecule has 1 aromatic carbocycles. The van der Waals surface area contributed by atoms with E-state index in [2.05, 4.69) is 34.5 Å². The van der Waals surface area contributed by atoms with Gasteiger partial charge in [-0.25, -0.2) is 0 Å². The minimum Gasteiger partial charge on any atom is -0.375 e. The molecule has 22 heavy (non-hydrogen) atoms. The number of carbonyl (C=O) groups excluding carboxylic acids is 1. The minimum atomic E-state index is 0.153. The number of carbonyl (C=O) groups is 1. The van der Waals surface area contributed by atoms with Crippen LogP contribution in [0.3, 0.4) is 0 Å². The second-order valence-electron chi connectivity index (χ2n) is 5.79. The van der Waals surface area contributed by atoms with Crippen molar-refractivity contribution >= 4 is 17.1 Å². The van der Waals surface area contributed by atoms with Gasteiger partial charge in [0.25, 0.3) is 0 Å². The number of Topliss-reactive ketones (excluding diaryl/α,β-unsaturated/α-hetero) is 1. The zero-order chi connectivity index (χ0) is 15.4. The van der Waals surface area contributed by atoms with Gasteiger partial charge in [0.1, 0.15) is 0 Å². The number of hydrogen-bond acceptors (Lipinski definition) is 4. The quantitative estimate of drug-likeness (QED) is 0.792. The van der Waals surface area contributed by atoms with Crippen molar-refractivity contribution in [2.24, 2.45) is 0 Å². The van der Waals surface area contributed by atoms with Crippen molar-refractivity contribution in [3.05, 3.63) is 57.8 Å². The van der Waals surface area contributed by atoms with Crippen LogP contribution < -0.4 is 0 Å². The molecule has 1 aliphatic rings. The lowest BCUT2D eigenvalue weighted by Gasteiger charge is -2.32. The van der Waals surface area contributed by atoms with Crippen LogP contribution in [0.25, 0.3) is 0 Å². The molecule has 0 spiro atoms. The van der Waals surface area contributed by atoms with Crippen molar-refractivity contribution in [1.29, 1.82) is 0 Å². The molecule has 2 aromatic rings. The molecule has 3 nitrogen and oxygen atoms in total. The predicted octanol–water partition coefficient (Wildman–Crippen LogP) is 3.39. The highest BCUT2D eigenvalue weighted by Gasteiger charge is 2.21. The van der Waals surface area contributed by atoms with Crippen LogP contribution >= 0.6 is 11.3 Å². The summed E-state index contributed by atoms with van der Waals surface area (Å²) < 4.78 is 5.90. The maximum atomic E-state index is 11.4. The number of morpholine rings is 1. The molecule has 0 bridgehead atoms. The molecule has 2 heterocycles. The van der Waals surface area contributed by atoms with E-state index in [1.54, 1.807) is 18.3 Å². The van der Waals surface area contributed by atoms with Crippen molar-refractivity contribution in [3.63, 3.8) is 0 Å². The van der Waals surface area contributed by atoms with Gasteiger partial charge in [-0.2, -0.15) is 0 Å². The van der Waals surface area contributed by atoms with Crippen LogP contribution in [0.15, 0.2) is 41.8 Å². The SMILES string of the molecule is CC(=O)c1cc(CN2CCOC(Cc3ccccc3)C2)cs1. The van der Waals surface area contributed by atoms with Crippen LogP contribution in [0, 0.1) is 0 Å². The van der Waals surface area contributed by atoms with Gasteiger partial charge in [-0.3, -0.25) is 9.69 Å². The summed E-state index contributed by atoms with van der Waals surface area (Å²) in [6.07, 6.45) is 1.21. The van der Waals surface area contributed by atoms with Gasteiger partial charge in [-0.15, -0.1) is 11.3 Å². The summed E-state index contributed by atoms with van der Waals surface area (Å²) in [4.78, 5) is 14.7. The van der Waals surface area contributed by atoms with Gasteiger partial charge in [0, 0.05) is 19.6 Å². The lowest BCUT2D eigenvalue weighted by Crippen LogP contribution is -2.42. The molecule has 1 fully saturated rings. The Bertz CT molecular complexity index is 623. The molecule has 0 radical (unpaired) electrons. The average molecular weight is 315 g/mol. The normalized spacial score (nSPS) is 19.2. The highest BCUT2D eigenvalue weighted by molar-refractivity contribution is 7.12. The topological polar surface area (TPSA) is 29.5 Å². The largest absolute Gasteiger partial charge is 0.375 e. The third-order valence-electron chi connectivity index (χ3n) is 3.94. The zero-order valence-electron chi connectivity index (χ0n) is 12.8. The van der Waals surface area contributed by atoms with Gasteiger partial charge in [0.15, 0.2) is 5.78 Å². The minimum absolute atomic E-state index is 0.153. The van der Waals surface area contributed by atoms with E-state index in [0.717, 1.165) is 37.5 Å². The van der Waals surface area contributed by atoms with E-state index in [4.69, 9.17) is 4.74 Å². The molecule has 0 N–H and O–H groups in total. The molecule has 1 unspecified atom stereocenters. The Morgan fingerprint density at radius 2 is 2.14 bits per heavy atom. The molecular formula is C18H21NO2S. The first kappa shape index (κ1) is 15.4. The first-order valence-corrected chi connectivity index (χ1v) is 8.55. The van der Waals surface area contributed by atoms with Gasteiger partial charge in [0.2, 0.25) is 0 Å².